The summed E-state index contributed by atoms with van der Waals surface area (Å²) >= 11 is 0. The van der Waals surface area contributed by atoms with E-state index in [9.17, 15) is 13.2 Å². The van der Waals surface area contributed by atoms with Crippen LogP contribution in [-0.4, -0.2) is 6.18 Å². The molecule has 0 bridgehead atoms. The molecule has 0 spiro atoms. The summed E-state index contributed by atoms with van der Waals surface area (Å²) in [5.41, 5.74) is 0.627. The van der Waals surface area contributed by atoms with Crippen LogP contribution in [0.2, 0.25) is 0 Å². The fourth-order valence-electron chi connectivity index (χ4n) is 1.33. The van der Waals surface area contributed by atoms with E-state index >= 15 is 0 Å². The maximum absolute atomic E-state index is 12.5. The van der Waals surface area contributed by atoms with Crippen LogP contribution in [0, 0.1) is 0 Å². The van der Waals surface area contributed by atoms with Crippen molar-refractivity contribution in [3.63, 3.8) is 0 Å². The number of allylic oxidation sites excluding steroid dienone is 4. The van der Waals surface area contributed by atoms with Gasteiger partial charge in [0.2, 0.25) is 0 Å². The molecule has 0 unspecified atom stereocenters. The molecule has 0 amide bonds. The number of furan rings is 1. The molecule has 0 aliphatic carbocycles. The molecular formula is C12H13F3O. The summed E-state index contributed by atoms with van der Waals surface area (Å²) in [6.07, 6.45) is 1.34. The molecule has 1 nitrogen and oxygen atoms in total. The number of alkyl halides is 3. The van der Waals surface area contributed by atoms with Gasteiger partial charge in [0.15, 0.2) is 0 Å². The number of halogens is 3. The van der Waals surface area contributed by atoms with E-state index in [4.69, 9.17) is 4.42 Å². The monoisotopic (exact) mass is 230 g/mol. The van der Waals surface area contributed by atoms with Gasteiger partial charge in [0, 0.05) is 11.1 Å². The lowest BCUT2D eigenvalue weighted by Gasteiger charge is -2.10. The Morgan fingerprint density at radius 2 is 2.12 bits per heavy atom. The molecule has 16 heavy (non-hydrogen) atoms. The van der Waals surface area contributed by atoms with E-state index in [1.165, 1.54) is 19.5 Å². The van der Waals surface area contributed by atoms with Crippen molar-refractivity contribution in [2.24, 2.45) is 0 Å². The molecule has 0 atom stereocenters. The Bertz CT molecular complexity index is 383. The average molecular weight is 230 g/mol. The summed E-state index contributed by atoms with van der Waals surface area (Å²) in [4.78, 5) is 0. The first-order valence-corrected chi connectivity index (χ1v) is 4.95. The van der Waals surface area contributed by atoms with Gasteiger partial charge in [-0.25, -0.2) is 0 Å². The van der Waals surface area contributed by atoms with Gasteiger partial charge in [-0.15, -0.1) is 0 Å². The maximum Gasteiger partial charge on any atom is 0.412 e. The first-order valence-electron chi connectivity index (χ1n) is 4.95. The molecule has 4 heteroatoms. The molecule has 0 aliphatic heterocycles. The van der Waals surface area contributed by atoms with Crippen molar-refractivity contribution in [3.8, 4) is 0 Å². The zero-order chi connectivity index (χ0) is 12.2. The van der Waals surface area contributed by atoms with Gasteiger partial charge in [-0.2, -0.15) is 13.2 Å². The fraction of sp³-hybridized carbons (Fsp3) is 0.333. The van der Waals surface area contributed by atoms with Gasteiger partial charge in [-0.1, -0.05) is 13.0 Å². The molecule has 0 radical (unpaired) electrons. The molecule has 1 heterocycles. The molecule has 0 saturated carbocycles. The minimum absolute atomic E-state index is 0.0430. The predicted molar refractivity (Wildman–Crippen MR) is 56.8 cm³/mol. The van der Waals surface area contributed by atoms with Crippen molar-refractivity contribution in [3.05, 3.63) is 41.9 Å². The van der Waals surface area contributed by atoms with Crippen LogP contribution in [-0.2, 0) is 0 Å². The SMILES string of the molecule is C/C=C(\C=C(/CC)C(F)(F)F)c1ccoc1. The summed E-state index contributed by atoms with van der Waals surface area (Å²) in [6.45, 7) is 3.18. The van der Waals surface area contributed by atoms with Gasteiger partial charge in [0.1, 0.15) is 0 Å². The van der Waals surface area contributed by atoms with Crippen LogP contribution in [0.25, 0.3) is 5.57 Å². The van der Waals surface area contributed by atoms with E-state index in [-0.39, 0.29) is 6.42 Å². The van der Waals surface area contributed by atoms with E-state index in [0.717, 1.165) is 6.08 Å². The smallest absolute Gasteiger partial charge is 0.412 e. The van der Waals surface area contributed by atoms with Crippen LogP contribution >= 0.6 is 0 Å². The summed E-state index contributed by atoms with van der Waals surface area (Å²) in [5, 5.41) is 0. The van der Waals surface area contributed by atoms with Crippen LogP contribution in [0.3, 0.4) is 0 Å². The first-order chi connectivity index (χ1) is 7.49. The zero-order valence-electron chi connectivity index (χ0n) is 9.14. The first kappa shape index (κ1) is 12.6. The van der Waals surface area contributed by atoms with E-state index in [2.05, 4.69) is 0 Å². The average Bonchev–Trinajstić information content (AvgIpc) is 2.70. The van der Waals surface area contributed by atoms with Crippen molar-refractivity contribution in [1.29, 1.82) is 0 Å². The second kappa shape index (κ2) is 5.05. The summed E-state index contributed by atoms with van der Waals surface area (Å²) in [5.74, 6) is 0. The molecule has 0 aliphatic rings. The van der Waals surface area contributed by atoms with Crippen molar-refractivity contribution in [1.82, 2.24) is 0 Å². The highest BCUT2D eigenvalue weighted by Gasteiger charge is 2.32. The number of rotatable bonds is 3. The molecule has 0 aromatic carbocycles. The van der Waals surface area contributed by atoms with Crippen LogP contribution in [0.1, 0.15) is 25.8 Å². The Balaban J connectivity index is 3.05. The van der Waals surface area contributed by atoms with Gasteiger partial charge in [0.25, 0.3) is 0 Å². The Labute approximate surface area is 92.3 Å². The van der Waals surface area contributed by atoms with Gasteiger partial charge < -0.3 is 4.42 Å². The van der Waals surface area contributed by atoms with Crippen LogP contribution in [0.4, 0.5) is 13.2 Å². The minimum Gasteiger partial charge on any atom is -0.472 e. The lowest BCUT2D eigenvalue weighted by atomic mass is 10.0. The molecule has 1 aromatic rings. The van der Waals surface area contributed by atoms with Crippen molar-refractivity contribution >= 4 is 5.57 Å². The zero-order valence-corrected chi connectivity index (χ0v) is 9.14. The minimum atomic E-state index is -4.27. The Morgan fingerprint density at radius 3 is 2.50 bits per heavy atom. The largest absolute Gasteiger partial charge is 0.472 e. The van der Waals surface area contributed by atoms with Crippen LogP contribution < -0.4 is 0 Å². The van der Waals surface area contributed by atoms with Gasteiger partial charge in [-0.3, -0.25) is 0 Å². The molecule has 1 aromatic heterocycles. The molecule has 88 valence electrons. The topological polar surface area (TPSA) is 13.1 Å². The van der Waals surface area contributed by atoms with Gasteiger partial charge in [0.05, 0.1) is 12.5 Å². The van der Waals surface area contributed by atoms with Crippen LogP contribution in [0.15, 0.2) is 40.7 Å². The summed E-state index contributed by atoms with van der Waals surface area (Å²) < 4.78 is 42.5. The molecule has 0 fully saturated rings. The lowest BCUT2D eigenvalue weighted by molar-refractivity contribution is -0.0934. The van der Waals surface area contributed by atoms with Gasteiger partial charge in [-0.05, 0) is 31.1 Å². The fourth-order valence-corrected chi connectivity index (χ4v) is 1.33. The van der Waals surface area contributed by atoms with Crippen LogP contribution in [0.5, 0.6) is 0 Å². The normalized spacial score (nSPS) is 14.3. The third-order valence-corrected chi connectivity index (χ3v) is 2.24. The third-order valence-electron chi connectivity index (χ3n) is 2.24. The Morgan fingerprint density at radius 1 is 1.44 bits per heavy atom. The highest BCUT2D eigenvalue weighted by atomic mass is 19.4. The molecule has 0 saturated heterocycles. The van der Waals surface area contributed by atoms with E-state index in [1.54, 1.807) is 19.1 Å². The van der Waals surface area contributed by atoms with Gasteiger partial charge >= 0.3 is 6.18 Å². The molecule has 1 rings (SSSR count). The van der Waals surface area contributed by atoms with E-state index < -0.39 is 11.7 Å². The van der Waals surface area contributed by atoms with Crippen molar-refractivity contribution in [2.75, 3.05) is 0 Å². The maximum atomic E-state index is 12.5. The van der Waals surface area contributed by atoms with Crippen molar-refractivity contribution in [2.45, 2.75) is 26.4 Å². The second-order valence-corrected chi connectivity index (χ2v) is 3.28. The second-order valence-electron chi connectivity index (χ2n) is 3.28. The highest BCUT2D eigenvalue weighted by molar-refractivity contribution is 5.74. The standard InChI is InChI=1S/C12H13F3O/c1-3-9(10-5-6-16-8-10)7-11(4-2)12(13,14)15/h3,5-8H,4H2,1-2H3/b9-3+,11-7+. The third kappa shape index (κ3) is 3.02. The molecular weight excluding hydrogens is 217 g/mol. The lowest BCUT2D eigenvalue weighted by Crippen LogP contribution is -2.11. The van der Waals surface area contributed by atoms with Crippen molar-refractivity contribution < 1.29 is 17.6 Å². The summed E-state index contributed by atoms with van der Waals surface area (Å²) in [6, 6.07) is 1.63. The Hall–Kier alpha value is -1.45. The highest BCUT2D eigenvalue weighted by Crippen LogP contribution is 2.31. The summed E-state index contributed by atoms with van der Waals surface area (Å²) in [7, 11) is 0. The van der Waals surface area contributed by atoms with E-state index in [1.807, 2.05) is 0 Å². The molecule has 0 N–H and O–H groups in total. The predicted octanol–water partition coefficient (Wildman–Crippen LogP) is 4.58. The quantitative estimate of drug-likeness (QED) is 0.692. The number of hydrogen-bond acceptors (Lipinski definition) is 1. The number of hydrogen-bond donors (Lipinski definition) is 0. The Kier molecular flexibility index (Phi) is 3.99. The van der Waals surface area contributed by atoms with E-state index in [0.29, 0.717) is 11.1 Å².